The molecule has 1 fully saturated rings. The molecule has 2 amide bonds. The number of hydrogen-bond acceptors (Lipinski definition) is 3. The number of carbonyl (C=O) groups is 2. The van der Waals surface area contributed by atoms with Crippen LogP contribution in [0.5, 0.6) is 0 Å². The second kappa shape index (κ2) is 10.0. The molecule has 1 saturated heterocycles. The van der Waals surface area contributed by atoms with E-state index in [1.165, 1.54) is 0 Å². The van der Waals surface area contributed by atoms with Crippen LogP contribution >= 0.6 is 0 Å². The van der Waals surface area contributed by atoms with Crippen molar-refractivity contribution in [3.63, 3.8) is 0 Å². The lowest BCUT2D eigenvalue weighted by molar-refractivity contribution is -0.141. The van der Waals surface area contributed by atoms with Crippen LogP contribution in [0.2, 0.25) is 0 Å². The molecule has 1 atom stereocenters. The topological polar surface area (TPSA) is 67.2 Å². The highest BCUT2D eigenvalue weighted by Crippen LogP contribution is 2.35. The van der Waals surface area contributed by atoms with Crippen molar-refractivity contribution in [1.82, 2.24) is 20.0 Å². The molecule has 6 nitrogen and oxygen atoms in total. The van der Waals surface area contributed by atoms with E-state index in [1.807, 2.05) is 46.8 Å². The van der Waals surface area contributed by atoms with Gasteiger partial charge in [0.05, 0.1) is 5.41 Å². The number of rotatable bonds is 7. The van der Waals surface area contributed by atoms with E-state index in [4.69, 9.17) is 0 Å². The van der Waals surface area contributed by atoms with Crippen molar-refractivity contribution in [3.8, 4) is 11.1 Å². The molecule has 2 aromatic carbocycles. The van der Waals surface area contributed by atoms with Gasteiger partial charge in [-0.1, -0.05) is 54.6 Å². The minimum Gasteiger partial charge on any atom is -0.359 e. The first kappa shape index (κ1) is 22.8. The number of amides is 2. The van der Waals surface area contributed by atoms with Crippen molar-refractivity contribution in [2.75, 3.05) is 20.1 Å². The first-order valence-electron chi connectivity index (χ1n) is 11.6. The molecule has 1 N–H and O–H groups in total. The highest BCUT2D eigenvalue weighted by atomic mass is 16.2. The van der Waals surface area contributed by atoms with Crippen LogP contribution in [0.3, 0.4) is 0 Å². The molecular weight excluding hydrogens is 412 g/mol. The van der Waals surface area contributed by atoms with Gasteiger partial charge in [-0.05, 0) is 48.9 Å². The summed E-state index contributed by atoms with van der Waals surface area (Å²) in [5.74, 6) is 0.0870. The quantitative estimate of drug-likeness (QED) is 0.602. The first-order valence-corrected chi connectivity index (χ1v) is 11.6. The molecule has 3 aromatic rings. The monoisotopic (exact) mass is 444 g/mol. The molecule has 33 heavy (non-hydrogen) atoms. The smallest absolute Gasteiger partial charge is 0.228 e. The zero-order chi connectivity index (χ0) is 23.3. The number of piperidine rings is 1. The van der Waals surface area contributed by atoms with Crippen molar-refractivity contribution in [2.45, 2.75) is 39.2 Å². The van der Waals surface area contributed by atoms with Crippen LogP contribution in [0.1, 0.15) is 30.5 Å². The number of benzene rings is 2. The van der Waals surface area contributed by atoms with E-state index in [0.717, 1.165) is 35.2 Å². The van der Waals surface area contributed by atoms with Gasteiger partial charge in [-0.2, -0.15) is 5.10 Å². The van der Waals surface area contributed by atoms with Gasteiger partial charge in [0.25, 0.3) is 0 Å². The average molecular weight is 445 g/mol. The molecule has 0 unspecified atom stereocenters. The molecule has 0 bridgehead atoms. The molecule has 1 aromatic heterocycles. The van der Waals surface area contributed by atoms with Crippen LogP contribution < -0.4 is 5.32 Å². The molecule has 2 heterocycles. The standard InChI is InChI=1S/C27H32N4O2/c1-21-12-15-29-31(21)17-13-25(32)30-16-7-14-27(20-30,26(33)28-2)19-22-8-6-11-24(18-22)23-9-4-3-5-10-23/h3-6,8-12,15,18H,7,13-14,16-17,19-20H2,1-2H3,(H,28,33)/t27-/m0/s1. The summed E-state index contributed by atoms with van der Waals surface area (Å²) < 4.78 is 1.85. The lowest BCUT2D eigenvalue weighted by Gasteiger charge is -2.41. The second-order valence-electron chi connectivity index (χ2n) is 8.97. The highest BCUT2D eigenvalue weighted by Gasteiger charge is 2.43. The van der Waals surface area contributed by atoms with Crippen molar-refractivity contribution < 1.29 is 9.59 Å². The fraction of sp³-hybridized carbons (Fsp3) is 0.370. The van der Waals surface area contributed by atoms with Crippen LogP contribution in [-0.2, 0) is 22.6 Å². The summed E-state index contributed by atoms with van der Waals surface area (Å²) in [5.41, 5.74) is 3.82. The molecule has 0 aliphatic carbocycles. The number of aromatic nitrogens is 2. The van der Waals surface area contributed by atoms with Crippen LogP contribution in [0.4, 0.5) is 0 Å². The lowest BCUT2D eigenvalue weighted by Crippen LogP contribution is -2.54. The molecular formula is C27H32N4O2. The van der Waals surface area contributed by atoms with Crippen molar-refractivity contribution >= 4 is 11.8 Å². The second-order valence-corrected chi connectivity index (χ2v) is 8.97. The molecule has 1 aliphatic rings. The Morgan fingerprint density at radius 2 is 1.85 bits per heavy atom. The Morgan fingerprint density at radius 1 is 1.06 bits per heavy atom. The Morgan fingerprint density at radius 3 is 2.58 bits per heavy atom. The van der Waals surface area contributed by atoms with Crippen molar-refractivity contribution in [1.29, 1.82) is 0 Å². The Balaban J connectivity index is 1.51. The maximum absolute atomic E-state index is 13.1. The van der Waals surface area contributed by atoms with E-state index >= 15 is 0 Å². The predicted octanol–water partition coefficient (Wildman–Crippen LogP) is 3.85. The fourth-order valence-corrected chi connectivity index (χ4v) is 4.89. The molecule has 0 radical (unpaired) electrons. The SMILES string of the molecule is CNC(=O)[C@]1(Cc2cccc(-c3ccccc3)c2)CCCN(C(=O)CCn2nccc2C)C1. The average Bonchev–Trinajstić information content (AvgIpc) is 3.27. The number of carbonyl (C=O) groups excluding carboxylic acids is 2. The summed E-state index contributed by atoms with van der Waals surface area (Å²) in [6, 6.07) is 20.6. The summed E-state index contributed by atoms with van der Waals surface area (Å²) in [5, 5.41) is 7.15. The minimum absolute atomic E-state index is 0.00744. The Bertz CT molecular complexity index is 1110. The molecule has 172 valence electrons. The van der Waals surface area contributed by atoms with Gasteiger partial charge < -0.3 is 10.2 Å². The summed E-state index contributed by atoms with van der Waals surface area (Å²) in [6.07, 6.45) is 4.33. The van der Waals surface area contributed by atoms with Crippen LogP contribution in [0.25, 0.3) is 11.1 Å². The van der Waals surface area contributed by atoms with E-state index in [9.17, 15) is 9.59 Å². The first-order chi connectivity index (χ1) is 16.0. The van der Waals surface area contributed by atoms with Crippen molar-refractivity contribution in [2.24, 2.45) is 5.41 Å². The number of aryl methyl sites for hydroxylation is 2. The number of nitrogens with one attached hydrogen (secondary N) is 1. The molecule has 1 aliphatic heterocycles. The molecule has 6 heteroatoms. The van der Waals surface area contributed by atoms with E-state index in [2.05, 4.69) is 40.7 Å². The Hall–Kier alpha value is -3.41. The third kappa shape index (κ3) is 5.16. The lowest BCUT2D eigenvalue weighted by atomic mass is 9.74. The van der Waals surface area contributed by atoms with Crippen LogP contribution in [0.15, 0.2) is 66.9 Å². The largest absolute Gasteiger partial charge is 0.359 e. The number of likely N-dealkylation sites (tertiary alicyclic amines) is 1. The summed E-state index contributed by atoms with van der Waals surface area (Å²) in [7, 11) is 1.69. The Kier molecular flexibility index (Phi) is 6.92. The van der Waals surface area contributed by atoms with Crippen LogP contribution in [-0.4, -0.2) is 46.6 Å². The van der Waals surface area contributed by atoms with Gasteiger partial charge in [0.1, 0.15) is 0 Å². The highest BCUT2D eigenvalue weighted by molar-refractivity contribution is 5.85. The fourth-order valence-electron chi connectivity index (χ4n) is 4.89. The summed E-state index contributed by atoms with van der Waals surface area (Å²) in [6.45, 7) is 3.68. The predicted molar refractivity (Wildman–Crippen MR) is 129 cm³/mol. The maximum atomic E-state index is 13.1. The zero-order valence-electron chi connectivity index (χ0n) is 19.5. The third-order valence-electron chi connectivity index (χ3n) is 6.68. The van der Waals surface area contributed by atoms with Gasteiger partial charge in [-0.3, -0.25) is 14.3 Å². The number of nitrogens with zero attached hydrogens (tertiary/aromatic N) is 3. The Labute approximate surface area is 195 Å². The zero-order valence-corrected chi connectivity index (χ0v) is 19.5. The van der Waals surface area contributed by atoms with E-state index in [0.29, 0.717) is 32.5 Å². The van der Waals surface area contributed by atoms with E-state index in [1.54, 1.807) is 13.2 Å². The van der Waals surface area contributed by atoms with Gasteiger partial charge in [0.15, 0.2) is 0 Å². The third-order valence-corrected chi connectivity index (χ3v) is 6.68. The van der Waals surface area contributed by atoms with Gasteiger partial charge in [0, 0.05) is 45.0 Å². The molecule has 4 rings (SSSR count). The summed E-state index contributed by atoms with van der Waals surface area (Å²) in [4.78, 5) is 28.1. The maximum Gasteiger partial charge on any atom is 0.228 e. The minimum atomic E-state index is -0.625. The summed E-state index contributed by atoms with van der Waals surface area (Å²) >= 11 is 0. The van der Waals surface area contributed by atoms with Gasteiger partial charge in [-0.25, -0.2) is 0 Å². The van der Waals surface area contributed by atoms with Gasteiger partial charge >= 0.3 is 0 Å². The van der Waals surface area contributed by atoms with Gasteiger partial charge in [-0.15, -0.1) is 0 Å². The molecule has 0 saturated carbocycles. The molecule has 0 spiro atoms. The van der Waals surface area contributed by atoms with E-state index < -0.39 is 5.41 Å². The normalized spacial score (nSPS) is 18.2. The van der Waals surface area contributed by atoms with Gasteiger partial charge in [0.2, 0.25) is 11.8 Å². The number of hydrogen-bond donors (Lipinski definition) is 1. The van der Waals surface area contributed by atoms with Crippen molar-refractivity contribution in [3.05, 3.63) is 78.1 Å². The van der Waals surface area contributed by atoms with Crippen LogP contribution in [0, 0.1) is 12.3 Å². The van der Waals surface area contributed by atoms with E-state index in [-0.39, 0.29) is 11.8 Å².